The van der Waals surface area contributed by atoms with Gasteiger partial charge in [0.1, 0.15) is 12.4 Å². The summed E-state index contributed by atoms with van der Waals surface area (Å²) in [6.07, 6.45) is 1.57. The molecule has 0 saturated heterocycles. The van der Waals surface area contributed by atoms with Gasteiger partial charge in [0.2, 0.25) is 0 Å². The molecule has 0 aliphatic rings. The largest absolute Gasteiger partial charge is 0.508 e. The van der Waals surface area contributed by atoms with Gasteiger partial charge in [0.25, 0.3) is 0 Å². The van der Waals surface area contributed by atoms with Crippen molar-refractivity contribution in [2.75, 3.05) is 13.2 Å². The highest BCUT2D eigenvalue weighted by atomic mass is 16.5. The number of hydrogen-bond acceptors (Lipinski definition) is 4. The summed E-state index contributed by atoms with van der Waals surface area (Å²) >= 11 is 0. The Kier molecular flexibility index (Phi) is 6.02. The zero-order chi connectivity index (χ0) is 15.2. The molecule has 1 unspecified atom stereocenters. The minimum atomic E-state index is -0.603. The first kappa shape index (κ1) is 16.5. The van der Waals surface area contributed by atoms with Gasteiger partial charge in [-0.25, -0.2) is 0 Å². The second-order valence-corrected chi connectivity index (χ2v) is 5.64. The summed E-state index contributed by atoms with van der Waals surface area (Å²) in [6.45, 7) is 5.67. The summed E-state index contributed by atoms with van der Waals surface area (Å²) in [5.74, 6) is 0.182. The topological polar surface area (TPSA) is 66.8 Å². The van der Waals surface area contributed by atoms with Gasteiger partial charge in [-0.05, 0) is 50.3 Å². The number of benzene rings is 1. The molecule has 0 aromatic heterocycles. The van der Waals surface area contributed by atoms with Crippen LogP contribution in [0.2, 0.25) is 0 Å². The highest BCUT2D eigenvalue weighted by Crippen LogP contribution is 2.35. The molecule has 0 spiro atoms. The third-order valence-electron chi connectivity index (χ3n) is 3.49. The molecule has 1 aromatic rings. The Hall–Kier alpha value is -1.55. The van der Waals surface area contributed by atoms with Crippen LogP contribution in [0.15, 0.2) is 24.3 Å². The Morgan fingerprint density at radius 3 is 2.40 bits per heavy atom. The predicted octanol–water partition coefficient (Wildman–Crippen LogP) is 2.84. The second-order valence-electron chi connectivity index (χ2n) is 5.64. The van der Waals surface area contributed by atoms with E-state index in [2.05, 4.69) is 6.92 Å². The smallest absolute Gasteiger partial charge is 0.311 e. The molecular formula is C16H24O4. The van der Waals surface area contributed by atoms with E-state index < -0.39 is 5.41 Å². The van der Waals surface area contributed by atoms with Gasteiger partial charge in [-0.15, -0.1) is 0 Å². The van der Waals surface area contributed by atoms with Crippen molar-refractivity contribution in [3.63, 3.8) is 0 Å². The third-order valence-corrected chi connectivity index (χ3v) is 3.49. The number of ether oxygens (including phenoxy) is 1. The molecule has 20 heavy (non-hydrogen) atoms. The van der Waals surface area contributed by atoms with Crippen molar-refractivity contribution in [1.82, 2.24) is 0 Å². The van der Waals surface area contributed by atoms with Gasteiger partial charge in [0.15, 0.2) is 0 Å². The molecule has 0 radical (unpaired) electrons. The first-order valence-corrected chi connectivity index (χ1v) is 6.97. The summed E-state index contributed by atoms with van der Waals surface area (Å²) in [4.78, 5) is 12.0. The summed E-state index contributed by atoms with van der Waals surface area (Å²) in [6, 6.07) is 7.10. The van der Waals surface area contributed by atoms with Crippen LogP contribution in [0.5, 0.6) is 5.75 Å². The van der Waals surface area contributed by atoms with Crippen LogP contribution < -0.4 is 0 Å². The molecule has 112 valence electrons. The number of rotatable bonds is 7. The van der Waals surface area contributed by atoms with E-state index in [0.29, 0.717) is 6.42 Å². The number of phenolic OH excluding ortho intramolecular Hbond substituents is 1. The molecule has 0 aliphatic heterocycles. The van der Waals surface area contributed by atoms with Crippen LogP contribution in [-0.2, 0) is 9.53 Å². The molecule has 4 nitrogen and oxygen atoms in total. The van der Waals surface area contributed by atoms with Crippen LogP contribution in [0, 0.1) is 5.41 Å². The van der Waals surface area contributed by atoms with Gasteiger partial charge in [0.05, 0.1) is 12.0 Å². The summed E-state index contributed by atoms with van der Waals surface area (Å²) in [5.41, 5.74) is 0.501. The predicted molar refractivity (Wildman–Crippen MR) is 77.6 cm³/mol. The van der Waals surface area contributed by atoms with Crippen LogP contribution in [0.25, 0.3) is 0 Å². The first-order valence-electron chi connectivity index (χ1n) is 6.97. The number of aliphatic hydroxyl groups excluding tert-OH is 1. The van der Waals surface area contributed by atoms with Crippen molar-refractivity contribution in [2.24, 2.45) is 5.41 Å². The molecule has 1 atom stereocenters. The molecule has 0 fully saturated rings. The maximum absolute atomic E-state index is 12.0. The molecular weight excluding hydrogens is 256 g/mol. The van der Waals surface area contributed by atoms with Crippen molar-refractivity contribution in [3.05, 3.63) is 29.8 Å². The zero-order valence-corrected chi connectivity index (χ0v) is 12.4. The number of carbonyl (C=O) groups is 1. The maximum Gasteiger partial charge on any atom is 0.311 e. The molecule has 0 bridgehead atoms. The molecule has 0 amide bonds. The van der Waals surface area contributed by atoms with E-state index in [0.717, 1.165) is 12.0 Å². The van der Waals surface area contributed by atoms with Gasteiger partial charge < -0.3 is 14.9 Å². The lowest BCUT2D eigenvalue weighted by molar-refractivity contribution is -0.155. The monoisotopic (exact) mass is 280 g/mol. The lowest BCUT2D eigenvalue weighted by Crippen LogP contribution is -2.29. The highest BCUT2D eigenvalue weighted by Gasteiger charge is 2.32. The van der Waals surface area contributed by atoms with E-state index in [1.165, 1.54) is 0 Å². The fourth-order valence-corrected chi connectivity index (χ4v) is 2.28. The van der Waals surface area contributed by atoms with E-state index in [1.807, 2.05) is 26.0 Å². The highest BCUT2D eigenvalue weighted by molar-refractivity contribution is 5.76. The Balaban J connectivity index is 2.76. The van der Waals surface area contributed by atoms with Crippen LogP contribution in [0.3, 0.4) is 0 Å². The fraction of sp³-hybridized carbons (Fsp3) is 0.562. The number of phenols is 1. The minimum Gasteiger partial charge on any atom is -0.508 e. The third kappa shape index (κ3) is 4.53. The molecule has 4 heteroatoms. The second kappa shape index (κ2) is 7.29. The Labute approximate surface area is 120 Å². The van der Waals surface area contributed by atoms with Crippen LogP contribution in [0.4, 0.5) is 0 Å². The van der Waals surface area contributed by atoms with Gasteiger partial charge in [-0.3, -0.25) is 4.79 Å². The number of esters is 1. The molecule has 0 aliphatic carbocycles. The summed E-state index contributed by atoms with van der Waals surface area (Å²) in [5, 5.41) is 18.0. The lowest BCUT2D eigenvalue weighted by Gasteiger charge is -2.27. The van der Waals surface area contributed by atoms with Crippen LogP contribution in [0.1, 0.15) is 45.1 Å². The standard InChI is InChI=1S/C16H24O4/c1-4-12(13-5-7-14(18)8-6-13)11-16(2,3)15(19)20-10-9-17/h5-8,12,17-18H,4,9-11H2,1-3H3. The summed E-state index contributed by atoms with van der Waals surface area (Å²) < 4.78 is 5.03. The van der Waals surface area contributed by atoms with Crippen LogP contribution >= 0.6 is 0 Å². The van der Waals surface area contributed by atoms with Crippen molar-refractivity contribution >= 4 is 5.97 Å². The van der Waals surface area contributed by atoms with E-state index in [1.54, 1.807) is 12.1 Å². The zero-order valence-electron chi connectivity index (χ0n) is 12.4. The Morgan fingerprint density at radius 1 is 1.30 bits per heavy atom. The van der Waals surface area contributed by atoms with Gasteiger partial charge in [-0.1, -0.05) is 19.1 Å². The van der Waals surface area contributed by atoms with Crippen molar-refractivity contribution in [1.29, 1.82) is 0 Å². The molecule has 0 saturated carbocycles. The number of carbonyl (C=O) groups excluding carboxylic acids is 1. The Bertz CT molecular complexity index is 423. The quantitative estimate of drug-likeness (QED) is 0.754. The summed E-state index contributed by atoms with van der Waals surface area (Å²) in [7, 11) is 0. The maximum atomic E-state index is 12.0. The van der Waals surface area contributed by atoms with E-state index in [9.17, 15) is 9.90 Å². The van der Waals surface area contributed by atoms with E-state index in [-0.39, 0.29) is 30.9 Å². The molecule has 0 heterocycles. The average molecular weight is 280 g/mol. The number of aliphatic hydroxyl groups is 1. The lowest BCUT2D eigenvalue weighted by atomic mass is 9.79. The first-order chi connectivity index (χ1) is 9.40. The van der Waals surface area contributed by atoms with Crippen molar-refractivity contribution in [3.8, 4) is 5.75 Å². The van der Waals surface area contributed by atoms with Crippen molar-refractivity contribution < 1.29 is 19.7 Å². The molecule has 2 N–H and O–H groups in total. The van der Waals surface area contributed by atoms with E-state index >= 15 is 0 Å². The SMILES string of the molecule is CCC(CC(C)(C)C(=O)OCCO)c1ccc(O)cc1. The van der Waals surface area contributed by atoms with Gasteiger partial charge in [-0.2, -0.15) is 0 Å². The average Bonchev–Trinajstić information content (AvgIpc) is 2.43. The Morgan fingerprint density at radius 2 is 1.90 bits per heavy atom. The van der Waals surface area contributed by atoms with Crippen LogP contribution in [-0.4, -0.2) is 29.4 Å². The number of aromatic hydroxyl groups is 1. The van der Waals surface area contributed by atoms with Gasteiger partial charge in [0, 0.05) is 0 Å². The minimum absolute atomic E-state index is 0.0399. The van der Waals surface area contributed by atoms with E-state index in [4.69, 9.17) is 9.84 Å². The number of hydrogen-bond donors (Lipinski definition) is 2. The van der Waals surface area contributed by atoms with Crippen molar-refractivity contribution in [2.45, 2.75) is 39.5 Å². The fourth-order valence-electron chi connectivity index (χ4n) is 2.28. The molecule has 1 aromatic carbocycles. The molecule has 1 rings (SSSR count). The normalized spacial score (nSPS) is 13.0. The van der Waals surface area contributed by atoms with Gasteiger partial charge >= 0.3 is 5.97 Å².